The Hall–Kier alpha value is -2.41. The number of anilines is 1. The second-order valence-electron chi connectivity index (χ2n) is 5.43. The molecule has 7 nitrogen and oxygen atoms in total. The number of benzene rings is 1. The maximum atomic E-state index is 12.6. The summed E-state index contributed by atoms with van der Waals surface area (Å²) in [5, 5.41) is 11.4. The van der Waals surface area contributed by atoms with Crippen LogP contribution in [0.1, 0.15) is 12.8 Å². The molecular formula is C15H13ClN2O5. The van der Waals surface area contributed by atoms with E-state index >= 15 is 0 Å². The van der Waals surface area contributed by atoms with Gasteiger partial charge in [0.05, 0.1) is 35.6 Å². The number of halogens is 1. The van der Waals surface area contributed by atoms with Crippen LogP contribution in [0.15, 0.2) is 29.3 Å². The number of nitro benzene ring substituents is 1. The Bertz CT molecular complexity index is 745. The second kappa shape index (κ2) is 5.66. The van der Waals surface area contributed by atoms with Crippen molar-refractivity contribution in [3.05, 3.63) is 39.4 Å². The number of carbonyl (C=O) groups excluding carboxylic acids is 2. The topological polar surface area (TPSA) is 89.8 Å². The first-order chi connectivity index (χ1) is 10.9. The van der Waals surface area contributed by atoms with Gasteiger partial charge in [-0.3, -0.25) is 19.7 Å². The van der Waals surface area contributed by atoms with Crippen LogP contribution in [-0.2, 0) is 9.59 Å². The molecule has 0 spiro atoms. The van der Waals surface area contributed by atoms with Crippen LogP contribution in [0.3, 0.4) is 0 Å². The molecule has 0 saturated carbocycles. The van der Waals surface area contributed by atoms with Crippen LogP contribution < -0.4 is 9.64 Å². The normalized spacial score (nSPS) is 23.6. The fraction of sp³-hybridized carbons (Fsp3) is 0.333. The first kappa shape index (κ1) is 15.5. The molecule has 0 aromatic heterocycles. The highest BCUT2D eigenvalue weighted by Gasteiger charge is 2.49. The molecule has 1 aromatic carbocycles. The van der Waals surface area contributed by atoms with Crippen LogP contribution in [0.25, 0.3) is 0 Å². The number of allylic oxidation sites excluding steroid dienone is 2. The number of carbonyl (C=O) groups is 2. The third-order valence-corrected chi connectivity index (χ3v) is 4.49. The summed E-state index contributed by atoms with van der Waals surface area (Å²) in [7, 11) is 1.33. The molecule has 1 fully saturated rings. The SMILES string of the molecule is COc1cc([N+](=O)[O-])ccc1N1C(=O)[C@@H]2CC=C(Cl)C[C@H]2C1=O. The lowest BCUT2D eigenvalue weighted by Crippen LogP contribution is -2.31. The van der Waals surface area contributed by atoms with Crippen LogP contribution in [0.5, 0.6) is 5.75 Å². The summed E-state index contributed by atoms with van der Waals surface area (Å²) in [6.07, 6.45) is 2.51. The first-order valence-electron chi connectivity index (χ1n) is 6.98. The average Bonchev–Trinajstić information content (AvgIpc) is 2.77. The molecule has 0 bridgehead atoms. The van der Waals surface area contributed by atoms with E-state index in [1.54, 1.807) is 6.08 Å². The number of amides is 2. The second-order valence-corrected chi connectivity index (χ2v) is 5.91. The predicted octanol–water partition coefficient (Wildman–Crippen LogP) is 2.63. The number of rotatable bonds is 3. The Kier molecular flexibility index (Phi) is 3.81. The van der Waals surface area contributed by atoms with Crippen molar-refractivity contribution in [2.75, 3.05) is 12.0 Å². The van der Waals surface area contributed by atoms with Gasteiger partial charge in [0.1, 0.15) is 5.75 Å². The van der Waals surface area contributed by atoms with E-state index in [9.17, 15) is 19.7 Å². The molecule has 2 aliphatic rings. The first-order valence-corrected chi connectivity index (χ1v) is 7.36. The van der Waals surface area contributed by atoms with Gasteiger partial charge in [-0.2, -0.15) is 0 Å². The summed E-state index contributed by atoms with van der Waals surface area (Å²) in [4.78, 5) is 36.5. The highest BCUT2D eigenvalue weighted by atomic mass is 35.5. The van der Waals surface area contributed by atoms with Gasteiger partial charge in [0.15, 0.2) is 0 Å². The molecule has 1 aliphatic heterocycles. The lowest BCUT2D eigenvalue weighted by Gasteiger charge is -2.17. The number of ether oxygens (including phenoxy) is 1. The lowest BCUT2D eigenvalue weighted by atomic mass is 9.85. The van der Waals surface area contributed by atoms with Gasteiger partial charge in [0.25, 0.3) is 5.69 Å². The van der Waals surface area contributed by atoms with Gasteiger partial charge >= 0.3 is 0 Å². The van der Waals surface area contributed by atoms with Gasteiger partial charge in [-0.05, 0) is 18.9 Å². The predicted molar refractivity (Wildman–Crippen MR) is 82.3 cm³/mol. The van der Waals surface area contributed by atoms with Crippen LogP contribution in [0, 0.1) is 22.0 Å². The lowest BCUT2D eigenvalue weighted by molar-refractivity contribution is -0.384. The van der Waals surface area contributed by atoms with E-state index in [2.05, 4.69) is 0 Å². The molecule has 1 heterocycles. The Morgan fingerprint density at radius 3 is 2.65 bits per heavy atom. The monoisotopic (exact) mass is 336 g/mol. The number of non-ortho nitro benzene ring substituents is 1. The zero-order chi connectivity index (χ0) is 16.7. The molecule has 2 atom stereocenters. The molecule has 0 radical (unpaired) electrons. The minimum atomic E-state index is -0.566. The van der Waals surface area contributed by atoms with Crippen LogP contribution in [0.4, 0.5) is 11.4 Å². The molecule has 0 N–H and O–H groups in total. The average molecular weight is 337 g/mol. The molecule has 3 rings (SSSR count). The fourth-order valence-electron chi connectivity index (χ4n) is 3.03. The number of hydrogen-bond donors (Lipinski definition) is 0. The van der Waals surface area contributed by atoms with E-state index in [1.165, 1.54) is 25.3 Å². The zero-order valence-electron chi connectivity index (χ0n) is 12.2. The summed E-state index contributed by atoms with van der Waals surface area (Å²) in [5.41, 5.74) is 0.0467. The minimum absolute atomic E-state index is 0.110. The minimum Gasteiger partial charge on any atom is -0.494 e. The van der Waals surface area contributed by atoms with Gasteiger partial charge in [-0.15, -0.1) is 0 Å². The molecule has 120 valence electrons. The quantitative estimate of drug-likeness (QED) is 0.481. The van der Waals surface area contributed by atoms with Gasteiger partial charge < -0.3 is 4.74 Å². The number of methoxy groups -OCH3 is 1. The van der Waals surface area contributed by atoms with Crippen LogP contribution in [0.2, 0.25) is 0 Å². The number of nitrogens with zero attached hydrogens (tertiary/aromatic N) is 2. The zero-order valence-corrected chi connectivity index (χ0v) is 12.9. The van der Waals surface area contributed by atoms with E-state index in [1.807, 2.05) is 0 Å². The Balaban J connectivity index is 2.01. The highest BCUT2D eigenvalue weighted by Crippen LogP contribution is 2.43. The highest BCUT2D eigenvalue weighted by molar-refractivity contribution is 6.30. The molecule has 1 saturated heterocycles. The van der Waals surface area contributed by atoms with E-state index in [4.69, 9.17) is 16.3 Å². The van der Waals surface area contributed by atoms with Gasteiger partial charge in [0.2, 0.25) is 11.8 Å². The Labute approximate surface area is 136 Å². The van der Waals surface area contributed by atoms with E-state index < -0.39 is 16.8 Å². The van der Waals surface area contributed by atoms with E-state index in [0.29, 0.717) is 17.9 Å². The van der Waals surface area contributed by atoms with E-state index in [0.717, 1.165) is 4.90 Å². The summed E-state index contributed by atoms with van der Waals surface area (Å²) in [6.45, 7) is 0. The Morgan fingerprint density at radius 2 is 2.00 bits per heavy atom. The van der Waals surface area contributed by atoms with Crippen molar-refractivity contribution in [1.29, 1.82) is 0 Å². The van der Waals surface area contributed by atoms with Crippen molar-refractivity contribution in [2.24, 2.45) is 11.8 Å². The van der Waals surface area contributed by atoms with Crippen molar-refractivity contribution < 1.29 is 19.2 Å². The molecule has 2 amide bonds. The van der Waals surface area contributed by atoms with Crippen molar-refractivity contribution in [3.8, 4) is 5.75 Å². The fourth-order valence-corrected chi connectivity index (χ4v) is 3.28. The van der Waals surface area contributed by atoms with Gasteiger partial charge in [0, 0.05) is 11.1 Å². The summed E-state index contributed by atoms with van der Waals surface area (Å²) in [5.74, 6) is -1.49. The molecule has 23 heavy (non-hydrogen) atoms. The third kappa shape index (κ3) is 2.46. The number of nitro groups is 1. The van der Waals surface area contributed by atoms with Crippen molar-refractivity contribution >= 4 is 34.8 Å². The number of imide groups is 1. The Morgan fingerprint density at radius 1 is 1.30 bits per heavy atom. The number of fused-ring (bicyclic) bond motifs is 1. The van der Waals surface area contributed by atoms with Crippen molar-refractivity contribution in [2.45, 2.75) is 12.8 Å². The largest absolute Gasteiger partial charge is 0.494 e. The van der Waals surface area contributed by atoms with Gasteiger partial charge in [-0.1, -0.05) is 17.7 Å². The van der Waals surface area contributed by atoms with Crippen LogP contribution >= 0.6 is 11.6 Å². The van der Waals surface area contributed by atoms with Crippen molar-refractivity contribution in [1.82, 2.24) is 0 Å². The van der Waals surface area contributed by atoms with Crippen LogP contribution in [-0.4, -0.2) is 23.8 Å². The maximum absolute atomic E-state index is 12.6. The number of hydrogen-bond acceptors (Lipinski definition) is 5. The summed E-state index contributed by atoms with van der Waals surface area (Å²) in [6, 6.07) is 3.80. The third-order valence-electron chi connectivity index (χ3n) is 4.18. The molecular weight excluding hydrogens is 324 g/mol. The van der Waals surface area contributed by atoms with Gasteiger partial charge in [-0.25, -0.2) is 4.90 Å². The van der Waals surface area contributed by atoms with Crippen molar-refractivity contribution in [3.63, 3.8) is 0 Å². The summed E-state index contributed by atoms with van der Waals surface area (Å²) >= 11 is 5.98. The molecule has 8 heteroatoms. The molecule has 1 aliphatic carbocycles. The molecule has 1 aromatic rings. The standard InChI is InChI=1S/C15H13ClN2O5/c1-23-13-7-9(18(21)22)3-5-12(13)17-14(19)10-4-2-8(16)6-11(10)15(17)20/h2-3,5,7,10-11H,4,6H2,1H3/t10-,11-/m1/s1. The summed E-state index contributed by atoms with van der Waals surface area (Å²) < 4.78 is 5.13. The smallest absolute Gasteiger partial charge is 0.273 e. The molecule has 0 unspecified atom stereocenters. The van der Waals surface area contributed by atoms with E-state index in [-0.39, 0.29) is 28.9 Å². The maximum Gasteiger partial charge on any atom is 0.273 e.